The Bertz CT molecular complexity index is 844. The van der Waals surface area contributed by atoms with Gasteiger partial charge < -0.3 is 11.5 Å². The van der Waals surface area contributed by atoms with Crippen molar-refractivity contribution in [3.05, 3.63) is 45.5 Å². The Hall–Kier alpha value is -1.75. The van der Waals surface area contributed by atoms with E-state index in [9.17, 15) is 0 Å². The van der Waals surface area contributed by atoms with Gasteiger partial charge in [-0.2, -0.15) is 0 Å². The van der Waals surface area contributed by atoms with E-state index in [0.29, 0.717) is 32.1 Å². The quantitative estimate of drug-likeness (QED) is 0.688. The number of anilines is 2. The summed E-state index contributed by atoms with van der Waals surface area (Å²) in [6, 6.07) is 7.03. The first-order valence-corrected chi connectivity index (χ1v) is 7.07. The van der Waals surface area contributed by atoms with E-state index in [1.807, 2.05) is 0 Å². The highest BCUT2D eigenvalue weighted by molar-refractivity contribution is 6.40. The van der Waals surface area contributed by atoms with Gasteiger partial charge in [-0.25, -0.2) is 9.97 Å². The van der Waals surface area contributed by atoms with Gasteiger partial charge in [0, 0.05) is 22.7 Å². The largest absolute Gasteiger partial charge is 0.383 e. The van der Waals surface area contributed by atoms with Crippen LogP contribution in [-0.4, -0.2) is 9.97 Å². The molecule has 0 aliphatic carbocycles. The fraction of sp³-hybridized carbons (Fsp3) is 0. The van der Waals surface area contributed by atoms with Gasteiger partial charge in [-0.1, -0.05) is 40.9 Å². The summed E-state index contributed by atoms with van der Waals surface area (Å²) in [5.74, 6) is 0.476. The van der Waals surface area contributed by atoms with Gasteiger partial charge in [-0.3, -0.25) is 0 Å². The summed E-state index contributed by atoms with van der Waals surface area (Å²) in [6.07, 6.45) is 1.58. The van der Waals surface area contributed by atoms with Crippen molar-refractivity contribution in [1.82, 2.24) is 9.97 Å². The molecular weight excluding hydrogens is 331 g/mol. The van der Waals surface area contributed by atoms with E-state index in [-0.39, 0.29) is 16.7 Å². The van der Waals surface area contributed by atoms with Gasteiger partial charge >= 0.3 is 0 Å². The number of rotatable bonds is 1. The molecule has 3 aromatic rings. The molecule has 4 N–H and O–H groups in total. The lowest BCUT2D eigenvalue weighted by atomic mass is 10.0. The lowest BCUT2D eigenvalue weighted by molar-refractivity contribution is 1.33. The molecule has 1 aromatic carbocycles. The summed E-state index contributed by atoms with van der Waals surface area (Å²) in [6.45, 7) is 0. The molecule has 3 rings (SSSR count). The molecule has 7 heteroatoms. The molecule has 0 aliphatic heterocycles. The molecule has 2 heterocycles. The first-order valence-electron chi connectivity index (χ1n) is 5.93. The van der Waals surface area contributed by atoms with Gasteiger partial charge in [0.2, 0.25) is 0 Å². The van der Waals surface area contributed by atoms with Crippen molar-refractivity contribution >= 4 is 57.3 Å². The second-order valence-electron chi connectivity index (χ2n) is 4.41. The normalized spacial score (nSPS) is 11.0. The molecule has 0 amide bonds. The van der Waals surface area contributed by atoms with Crippen molar-refractivity contribution in [3.63, 3.8) is 0 Å². The number of aromatic nitrogens is 2. The summed E-state index contributed by atoms with van der Waals surface area (Å²) in [5, 5.41) is 1.96. The van der Waals surface area contributed by atoms with Crippen LogP contribution in [-0.2, 0) is 0 Å². The van der Waals surface area contributed by atoms with E-state index in [0.717, 1.165) is 0 Å². The summed E-state index contributed by atoms with van der Waals surface area (Å²) in [7, 11) is 0. The van der Waals surface area contributed by atoms with Crippen LogP contribution in [0.1, 0.15) is 0 Å². The van der Waals surface area contributed by atoms with Gasteiger partial charge in [0.05, 0.1) is 15.6 Å². The van der Waals surface area contributed by atoms with Crippen LogP contribution in [0.5, 0.6) is 0 Å². The third-order valence-corrected chi connectivity index (χ3v) is 4.09. The minimum atomic E-state index is 0.208. The fourth-order valence-corrected chi connectivity index (χ4v) is 2.89. The molecule has 0 unspecified atom stereocenters. The Kier molecular flexibility index (Phi) is 3.53. The third-order valence-electron chi connectivity index (χ3n) is 3.09. The zero-order chi connectivity index (χ0) is 15.1. The minimum Gasteiger partial charge on any atom is -0.383 e. The predicted molar refractivity (Wildman–Crippen MR) is 88.8 cm³/mol. The first-order chi connectivity index (χ1) is 9.99. The van der Waals surface area contributed by atoms with Gasteiger partial charge in [0.1, 0.15) is 16.7 Å². The molecule has 0 fully saturated rings. The minimum absolute atomic E-state index is 0.208. The van der Waals surface area contributed by atoms with E-state index in [2.05, 4.69) is 9.97 Å². The maximum absolute atomic E-state index is 6.21. The van der Waals surface area contributed by atoms with Crippen LogP contribution in [0.15, 0.2) is 30.5 Å². The average Bonchev–Trinajstić information content (AvgIpc) is 2.44. The lowest BCUT2D eigenvalue weighted by Gasteiger charge is -2.11. The number of benzene rings is 1. The Labute approximate surface area is 135 Å². The molecule has 0 radical (unpaired) electrons. The molecule has 2 aromatic heterocycles. The van der Waals surface area contributed by atoms with E-state index in [1.165, 1.54) is 0 Å². The maximum atomic E-state index is 6.21. The fourth-order valence-electron chi connectivity index (χ4n) is 2.09. The van der Waals surface area contributed by atoms with Crippen molar-refractivity contribution in [2.45, 2.75) is 0 Å². The number of hydrogen-bond acceptors (Lipinski definition) is 4. The van der Waals surface area contributed by atoms with E-state index < -0.39 is 0 Å². The van der Waals surface area contributed by atoms with Crippen molar-refractivity contribution in [2.75, 3.05) is 11.5 Å². The van der Waals surface area contributed by atoms with Crippen molar-refractivity contribution in [1.29, 1.82) is 0 Å². The maximum Gasteiger partial charge on any atom is 0.144 e. The monoisotopic (exact) mass is 338 g/mol. The molecule has 4 nitrogen and oxygen atoms in total. The van der Waals surface area contributed by atoms with Crippen LogP contribution < -0.4 is 11.5 Å². The van der Waals surface area contributed by atoms with Gasteiger partial charge in [-0.15, -0.1) is 0 Å². The molecule has 0 spiro atoms. The topological polar surface area (TPSA) is 77.8 Å². The number of pyridine rings is 2. The molecule has 0 atom stereocenters. The predicted octanol–water partition coefficient (Wildman–Crippen LogP) is 4.42. The van der Waals surface area contributed by atoms with E-state index in [1.54, 1.807) is 30.5 Å². The van der Waals surface area contributed by atoms with Crippen LogP contribution in [0.3, 0.4) is 0 Å². The zero-order valence-electron chi connectivity index (χ0n) is 10.6. The van der Waals surface area contributed by atoms with Crippen LogP contribution in [0, 0.1) is 0 Å². The van der Waals surface area contributed by atoms with Crippen LogP contribution in [0.25, 0.3) is 22.0 Å². The number of nitrogen functional groups attached to an aromatic ring is 2. The second-order valence-corrected chi connectivity index (χ2v) is 5.61. The van der Waals surface area contributed by atoms with Crippen LogP contribution in [0.4, 0.5) is 11.6 Å². The SMILES string of the molecule is Nc1nc2c(Cl)c(N)ncc2cc1-c1c(Cl)cccc1Cl. The second kappa shape index (κ2) is 5.22. The number of halogens is 3. The van der Waals surface area contributed by atoms with Crippen molar-refractivity contribution < 1.29 is 0 Å². The number of fused-ring (bicyclic) bond motifs is 1. The Morgan fingerprint density at radius 1 is 0.952 bits per heavy atom. The van der Waals surface area contributed by atoms with Crippen molar-refractivity contribution in [2.24, 2.45) is 0 Å². The van der Waals surface area contributed by atoms with E-state index in [4.69, 9.17) is 46.3 Å². The van der Waals surface area contributed by atoms with Gasteiger partial charge in [-0.05, 0) is 18.2 Å². The molecule has 0 saturated heterocycles. The summed E-state index contributed by atoms with van der Waals surface area (Å²) >= 11 is 18.5. The van der Waals surface area contributed by atoms with Crippen LogP contribution >= 0.6 is 34.8 Å². The number of nitrogens with two attached hydrogens (primary N) is 2. The number of nitrogens with zero attached hydrogens (tertiary/aromatic N) is 2. The molecule has 0 saturated carbocycles. The van der Waals surface area contributed by atoms with Crippen LogP contribution in [0.2, 0.25) is 15.1 Å². The average molecular weight is 340 g/mol. The lowest BCUT2D eigenvalue weighted by Crippen LogP contribution is -1.99. The first kappa shape index (κ1) is 14.2. The Morgan fingerprint density at radius 2 is 1.62 bits per heavy atom. The van der Waals surface area contributed by atoms with Crippen molar-refractivity contribution in [3.8, 4) is 11.1 Å². The highest BCUT2D eigenvalue weighted by Gasteiger charge is 2.15. The summed E-state index contributed by atoms with van der Waals surface area (Å²) in [4.78, 5) is 8.32. The zero-order valence-corrected chi connectivity index (χ0v) is 12.8. The van der Waals surface area contributed by atoms with E-state index >= 15 is 0 Å². The molecule has 21 heavy (non-hydrogen) atoms. The highest BCUT2D eigenvalue weighted by Crippen LogP contribution is 2.39. The van der Waals surface area contributed by atoms with Gasteiger partial charge in [0.15, 0.2) is 0 Å². The van der Waals surface area contributed by atoms with Gasteiger partial charge in [0.25, 0.3) is 0 Å². The molecule has 0 bridgehead atoms. The third kappa shape index (κ3) is 2.35. The molecule has 106 valence electrons. The molecule has 0 aliphatic rings. The number of hydrogen-bond donors (Lipinski definition) is 2. The smallest absolute Gasteiger partial charge is 0.144 e. The Balaban J connectivity index is 2.35. The molecular formula is C14H9Cl3N4. The summed E-state index contributed by atoms with van der Waals surface area (Å²) < 4.78 is 0. The highest BCUT2D eigenvalue weighted by atomic mass is 35.5. The standard InChI is InChI=1S/C14H9Cl3N4/c15-8-2-1-3-9(16)10(8)7-4-6-5-20-14(19)11(17)12(6)21-13(7)18/h1-5H,(H2,18,21)(H2,19,20). The Morgan fingerprint density at radius 3 is 2.29 bits per heavy atom. The summed E-state index contributed by atoms with van der Waals surface area (Å²) in [5.41, 5.74) is 13.4.